The summed E-state index contributed by atoms with van der Waals surface area (Å²) in [6.45, 7) is 0.371. The summed E-state index contributed by atoms with van der Waals surface area (Å²) in [5.74, 6) is -0.275. The quantitative estimate of drug-likeness (QED) is 0.538. The maximum absolute atomic E-state index is 11.3. The number of carbonyl (C=O) groups excluding carboxylic acids is 1. The van der Waals surface area contributed by atoms with Gasteiger partial charge in [-0.2, -0.15) is 0 Å². The third kappa shape index (κ3) is 3.55. The van der Waals surface area contributed by atoms with Crippen molar-refractivity contribution in [2.75, 3.05) is 13.2 Å². The van der Waals surface area contributed by atoms with Gasteiger partial charge in [0, 0.05) is 12.2 Å². The summed E-state index contributed by atoms with van der Waals surface area (Å²) in [5.41, 5.74) is 2.84. The molecule has 0 bridgehead atoms. The summed E-state index contributed by atoms with van der Waals surface area (Å²) in [5, 5.41) is 8.46. The van der Waals surface area contributed by atoms with Crippen LogP contribution in [0.25, 0.3) is 0 Å². The Hall–Kier alpha value is -1.39. The van der Waals surface area contributed by atoms with Crippen molar-refractivity contribution < 1.29 is 14.7 Å². The first-order valence-electron chi connectivity index (χ1n) is 4.42. The highest BCUT2D eigenvalue weighted by atomic mass is 16.6. The second kappa shape index (κ2) is 6.12. The SMILES string of the molecule is O=C(NOCCCO)c1ccccc1. The molecule has 0 spiro atoms. The maximum Gasteiger partial charge on any atom is 0.274 e. The monoisotopic (exact) mass is 195 g/mol. The lowest BCUT2D eigenvalue weighted by Gasteiger charge is -2.04. The van der Waals surface area contributed by atoms with Crippen LogP contribution in [0.1, 0.15) is 16.8 Å². The molecule has 1 amide bonds. The van der Waals surface area contributed by atoms with Gasteiger partial charge in [-0.25, -0.2) is 5.48 Å². The highest BCUT2D eigenvalue weighted by Crippen LogP contribution is 1.97. The van der Waals surface area contributed by atoms with Crippen molar-refractivity contribution in [2.45, 2.75) is 6.42 Å². The number of hydroxylamine groups is 1. The van der Waals surface area contributed by atoms with Crippen molar-refractivity contribution >= 4 is 5.91 Å². The molecule has 1 rings (SSSR count). The van der Waals surface area contributed by atoms with Crippen molar-refractivity contribution in [3.63, 3.8) is 0 Å². The molecule has 0 aliphatic carbocycles. The molecule has 1 aromatic carbocycles. The van der Waals surface area contributed by atoms with Crippen molar-refractivity contribution in [3.05, 3.63) is 35.9 Å². The van der Waals surface area contributed by atoms with Gasteiger partial charge in [-0.15, -0.1) is 0 Å². The normalized spacial score (nSPS) is 9.79. The minimum Gasteiger partial charge on any atom is -0.396 e. The predicted molar refractivity (Wildman–Crippen MR) is 51.6 cm³/mol. The molecular formula is C10H13NO3. The first-order valence-corrected chi connectivity index (χ1v) is 4.42. The van der Waals surface area contributed by atoms with Gasteiger partial charge >= 0.3 is 0 Å². The minimum atomic E-state index is -0.275. The Morgan fingerprint density at radius 2 is 2.07 bits per heavy atom. The second-order valence-electron chi connectivity index (χ2n) is 2.72. The number of hydrogen-bond donors (Lipinski definition) is 2. The van der Waals surface area contributed by atoms with E-state index in [1.54, 1.807) is 24.3 Å². The standard InChI is InChI=1S/C10H13NO3/c12-7-4-8-14-11-10(13)9-5-2-1-3-6-9/h1-3,5-6,12H,4,7-8H2,(H,11,13). The molecule has 0 aromatic heterocycles. The maximum atomic E-state index is 11.3. The third-order valence-electron chi connectivity index (χ3n) is 1.61. The third-order valence-corrected chi connectivity index (χ3v) is 1.61. The first-order chi connectivity index (χ1) is 6.84. The van der Waals surface area contributed by atoms with Gasteiger partial charge in [0.1, 0.15) is 0 Å². The van der Waals surface area contributed by atoms with E-state index in [4.69, 9.17) is 9.94 Å². The molecule has 0 saturated carbocycles. The summed E-state index contributed by atoms with van der Waals surface area (Å²) in [7, 11) is 0. The summed E-state index contributed by atoms with van der Waals surface area (Å²) < 4.78 is 0. The van der Waals surface area contributed by atoms with Crippen LogP contribution in [-0.4, -0.2) is 24.2 Å². The molecule has 4 heteroatoms. The number of rotatable bonds is 5. The smallest absolute Gasteiger partial charge is 0.274 e. The van der Waals surface area contributed by atoms with E-state index >= 15 is 0 Å². The molecule has 2 N–H and O–H groups in total. The van der Waals surface area contributed by atoms with E-state index in [9.17, 15) is 4.79 Å². The number of aliphatic hydroxyl groups is 1. The Bertz CT molecular complexity index is 274. The van der Waals surface area contributed by atoms with Crippen molar-refractivity contribution in [3.8, 4) is 0 Å². The van der Waals surface area contributed by atoms with Gasteiger partial charge in [-0.05, 0) is 18.6 Å². The average molecular weight is 195 g/mol. The highest BCUT2D eigenvalue weighted by molar-refractivity contribution is 5.93. The largest absolute Gasteiger partial charge is 0.396 e. The number of carbonyl (C=O) groups is 1. The van der Waals surface area contributed by atoms with Gasteiger partial charge in [0.2, 0.25) is 0 Å². The van der Waals surface area contributed by atoms with Crippen LogP contribution in [0.15, 0.2) is 30.3 Å². The van der Waals surface area contributed by atoms with Crippen LogP contribution < -0.4 is 5.48 Å². The number of hydrogen-bond acceptors (Lipinski definition) is 3. The Morgan fingerprint density at radius 3 is 2.71 bits per heavy atom. The van der Waals surface area contributed by atoms with Gasteiger partial charge in [-0.3, -0.25) is 9.63 Å². The Morgan fingerprint density at radius 1 is 1.36 bits per heavy atom. The molecule has 0 heterocycles. The summed E-state index contributed by atoms with van der Waals surface area (Å²) in [6, 6.07) is 8.80. The van der Waals surface area contributed by atoms with Gasteiger partial charge in [-0.1, -0.05) is 18.2 Å². The van der Waals surface area contributed by atoms with E-state index < -0.39 is 0 Å². The fraction of sp³-hybridized carbons (Fsp3) is 0.300. The summed E-state index contributed by atoms with van der Waals surface area (Å²) in [4.78, 5) is 16.1. The van der Waals surface area contributed by atoms with Crippen LogP contribution in [0.5, 0.6) is 0 Å². The lowest BCUT2D eigenvalue weighted by atomic mass is 10.2. The fourth-order valence-electron chi connectivity index (χ4n) is 0.902. The average Bonchev–Trinajstić information content (AvgIpc) is 2.25. The van der Waals surface area contributed by atoms with E-state index in [0.717, 1.165) is 0 Å². The zero-order valence-electron chi connectivity index (χ0n) is 7.77. The van der Waals surface area contributed by atoms with Crippen LogP contribution in [-0.2, 0) is 4.84 Å². The van der Waals surface area contributed by atoms with E-state index in [1.165, 1.54) is 0 Å². The van der Waals surface area contributed by atoms with E-state index in [1.807, 2.05) is 6.07 Å². The predicted octanol–water partition coefficient (Wildman–Crippen LogP) is 0.730. The van der Waals surface area contributed by atoms with E-state index in [-0.39, 0.29) is 12.5 Å². The number of benzene rings is 1. The molecule has 0 aliphatic rings. The Balaban J connectivity index is 2.29. The van der Waals surface area contributed by atoms with Crippen molar-refractivity contribution in [2.24, 2.45) is 0 Å². The molecule has 76 valence electrons. The Kier molecular flexibility index (Phi) is 4.68. The zero-order chi connectivity index (χ0) is 10.2. The minimum absolute atomic E-state index is 0.0568. The van der Waals surface area contributed by atoms with Crippen molar-refractivity contribution in [1.82, 2.24) is 5.48 Å². The number of aliphatic hydroxyl groups excluding tert-OH is 1. The Labute approximate surface area is 82.5 Å². The first kappa shape index (κ1) is 10.7. The van der Waals surface area contributed by atoms with Crippen LogP contribution in [0.3, 0.4) is 0 Å². The van der Waals surface area contributed by atoms with Gasteiger partial charge in [0.05, 0.1) is 6.61 Å². The lowest BCUT2D eigenvalue weighted by Crippen LogP contribution is -2.24. The molecule has 14 heavy (non-hydrogen) atoms. The molecule has 0 unspecified atom stereocenters. The zero-order valence-corrected chi connectivity index (χ0v) is 7.77. The summed E-state index contributed by atoms with van der Waals surface area (Å²) in [6.07, 6.45) is 0.509. The number of amides is 1. The van der Waals surface area contributed by atoms with Gasteiger partial charge < -0.3 is 5.11 Å². The molecule has 0 saturated heterocycles. The highest BCUT2D eigenvalue weighted by Gasteiger charge is 2.02. The van der Waals surface area contributed by atoms with Crippen LogP contribution in [0.2, 0.25) is 0 Å². The molecule has 0 radical (unpaired) electrons. The lowest BCUT2D eigenvalue weighted by molar-refractivity contribution is 0.0262. The molecule has 4 nitrogen and oxygen atoms in total. The van der Waals surface area contributed by atoms with Gasteiger partial charge in [0.25, 0.3) is 5.91 Å². The van der Waals surface area contributed by atoms with Crippen molar-refractivity contribution in [1.29, 1.82) is 0 Å². The van der Waals surface area contributed by atoms with E-state index in [0.29, 0.717) is 18.6 Å². The molecule has 0 atom stereocenters. The molecular weight excluding hydrogens is 182 g/mol. The van der Waals surface area contributed by atoms with Gasteiger partial charge in [0.15, 0.2) is 0 Å². The number of nitrogens with one attached hydrogen (secondary N) is 1. The van der Waals surface area contributed by atoms with Crippen LogP contribution in [0, 0.1) is 0 Å². The second-order valence-corrected chi connectivity index (χ2v) is 2.72. The van der Waals surface area contributed by atoms with Crippen LogP contribution >= 0.6 is 0 Å². The molecule has 0 aliphatic heterocycles. The van der Waals surface area contributed by atoms with Crippen LogP contribution in [0.4, 0.5) is 0 Å². The molecule has 1 aromatic rings. The molecule has 0 fully saturated rings. The topological polar surface area (TPSA) is 58.6 Å². The fourth-order valence-corrected chi connectivity index (χ4v) is 0.902. The van der Waals surface area contributed by atoms with E-state index in [2.05, 4.69) is 5.48 Å². The summed E-state index contributed by atoms with van der Waals surface area (Å²) >= 11 is 0.